The van der Waals surface area contributed by atoms with E-state index in [-0.39, 0.29) is 12.0 Å². The summed E-state index contributed by atoms with van der Waals surface area (Å²) in [5.41, 5.74) is 5.80. The summed E-state index contributed by atoms with van der Waals surface area (Å²) in [6.07, 6.45) is 5.86. The maximum Gasteiger partial charge on any atom is 0.323 e. The van der Waals surface area contributed by atoms with Crippen LogP contribution in [0.15, 0.2) is 0 Å². The van der Waals surface area contributed by atoms with Crippen molar-refractivity contribution in [2.45, 2.75) is 45.1 Å². The Balaban J connectivity index is 2.35. The maximum absolute atomic E-state index is 11.3. The highest BCUT2D eigenvalue weighted by atomic mass is 16.5. The number of hydrogen-bond donors (Lipinski definition) is 1. The number of esters is 1. The molecule has 0 aromatic carbocycles. The van der Waals surface area contributed by atoms with Gasteiger partial charge in [-0.1, -0.05) is 19.3 Å². The third kappa shape index (κ3) is 2.99. The summed E-state index contributed by atoms with van der Waals surface area (Å²) in [7, 11) is 0. The number of nitrogens with two attached hydrogens (primary N) is 1. The maximum atomic E-state index is 11.3. The standard InChI is InChI=1S/C10H19NO2/c1-2-13-10(12)9(11)8-6-4-3-5-7-8/h8-9H,2-7,11H2,1H3. The van der Waals surface area contributed by atoms with Crippen molar-refractivity contribution >= 4 is 5.97 Å². The van der Waals surface area contributed by atoms with E-state index in [1.54, 1.807) is 0 Å². The first-order valence-electron chi connectivity index (χ1n) is 5.18. The lowest BCUT2D eigenvalue weighted by Gasteiger charge is -2.25. The minimum absolute atomic E-state index is 0.227. The largest absolute Gasteiger partial charge is 0.465 e. The first-order chi connectivity index (χ1) is 6.25. The molecule has 0 aromatic rings. The zero-order valence-corrected chi connectivity index (χ0v) is 8.29. The van der Waals surface area contributed by atoms with Crippen LogP contribution in [-0.2, 0) is 9.53 Å². The van der Waals surface area contributed by atoms with Gasteiger partial charge < -0.3 is 10.5 Å². The molecular formula is C10H19NO2. The van der Waals surface area contributed by atoms with Crippen LogP contribution in [0.1, 0.15) is 39.0 Å². The minimum atomic E-state index is -0.389. The van der Waals surface area contributed by atoms with Crippen LogP contribution in [0.2, 0.25) is 0 Å². The number of hydrogen-bond acceptors (Lipinski definition) is 3. The Morgan fingerprint density at radius 2 is 2.08 bits per heavy atom. The lowest BCUT2D eigenvalue weighted by Crippen LogP contribution is -2.40. The van der Waals surface area contributed by atoms with Gasteiger partial charge in [-0.15, -0.1) is 0 Å². The molecule has 2 N–H and O–H groups in total. The molecule has 1 atom stereocenters. The van der Waals surface area contributed by atoms with E-state index >= 15 is 0 Å². The average molecular weight is 185 g/mol. The second kappa shape index (κ2) is 5.22. The second-order valence-electron chi connectivity index (χ2n) is 3.68. The smallest absolute Gasteiger partial charge is 0.323 e. The molecule has 1 aliphatic rings. The number of carbonyl (C=O) groups excluding carboxylic acids is 1. The molecule has 0 aliphatic heterocycles. The summed E-state index contributed by atoms with van der Waals surface area (Å²) in [6.45, 7) is 2.24. The molecule has 0 spiro atoms. The van der Waals surface area contributed by atoms with Gasteiger partial charge in [-0.25, -0.2) is 0 Å². The highest BCUT2D eigenvalue weighted by Crippen LogP contribution is 2.25. The molecule has 3 heteroatoms. The molecule has 0 heterocycles. The number of ether oxygens (including phenoxy) is 1. The molecule has 0 radical (unpaired) electrons. The number of rotatable bonds is 3. The molecule has 1 rings (SSSR count). The van der Waals surface area contributed by atoms with Crippen LogP contribution < -0.4 is 5.73 Å². The third-order valence-electron chi connectivity index (χ3n) is 2.72. The highest BCUT2D eigenvalue weighted by molar-refractivity contribution is 5.75. The fourth-order valence-corrected chi connectivity index (χ4v) is 1.92. The molecule has 1 saturated carbocycles. The van der Waals surface area contributed by atoms with Gasteiger partial charge in [0.25, 0.3) is 0 Å². The van der Waals surface area contributed by atoms with E-state index in [2.05, 4.69) is 0 Å². The molecule has 3 nitrogen and oxygen atoms in total. The van der Waals surface area contributed by atoms with Crippen molar-refractivity contribution in [3.8, 4) is 0 Å². The zero-order chi connectivity index (χ0) is 9.68. The molecule has 1 unspecified atom stereocenters. The van der Waals surface area contributed by atoms with Crippen LogP contribution in [0.4, 0.5) is 0 Å². The lowest BCUT2D eigenvalue weighted by atomic mass is 9.84. The molecule has 1 aliphatic carbocycles. The lowest BCUT2D eigenvalue weighted by molar-refractivity contribution is -0.146. The SMILES string of the molecule is CCOC(=O)C(N)C1CCCCC1. The van der Waals surface area contributed by atoms with Gasteiger partial charge in [0, 0.05) is 0 Å². The zero-order valence-electron chi connectivity index (χ0n) is 8.29. The summed E-state index contributed by atoms with van der Waals surface area (Å²) in [6, 6.07) is -0.389. The highest BCUT2D eigenvalue weighted by Gasteiger charge is 2.26. The molecular weight excluding hydrogens is 166 g/mol. The molecule has 13 heavy (non-hydrogen) atoms. The van der Waals surface area contributed by atoms with Crippen LogP contribution in [0.5, 0.6) is 0 Å². The van der Waals surface area contributed by atoms with Crippen LogP contribution in [-0.4, -0.2) is 18.6 Å². The van der Waals surface area contributed by atoms with Gasteiger partial charge in [0.05, 0.1) is 6.61 Å². The fourth-order valence-electron chi connectivity index (χ4n) is 1.92. The van der Waals surface area contributed by atoms with Crippen LogP contribution in [0, 0.1) is 5.92 Å². The molecule has 0 saturated heterocycles. The Bertz CT molecular complexity index is 164. The van der Waals surface area contributed by atoms with Crippen LogP contribution in [0.25, 0.3) is 0 Å². The van der Waals surface area contributed by atoms with E-state index in [9.17, 15) is 4.79 Å². The third-order valence-corrected chi connectivity index (χ3v) is 2.72. The van der Waals surface area contributed by atoms with Crippen molar-refractivity contribution in [2.24, 2.45) is 11.7 Å². The summed E-state index contributed by atoms with van der Waals surface area (Å²) in [5.74, 6) is 0.127. The monoisotopic (exact) mass is 185 g/mol. The van der Waals surface area contributed by atoms with Crippen molar-refractivity contribution in [1.29, 1.82) is 0 Å². The van der Waals surface area contributed by atoms with Gasteiger partial charge in [-0.3, -0.25) is 4.79 Å². The Labute approximate surface area is 79.6 Å². The minimum Gasteiger partial charge on any atom is -0.465 e. The van der Waals surface area contributed by atoms with E-state index in [0.717, 1.165) is 12.8 Å². The van der Waals surface area contributed by atoms with E-state index in [1.807, 2.05) is 6.92 Å². The second-order valence-corrected chi connectivity index (χ2v) is 3.68. The van der Waals surface area contributed by atoms with Crippen molar-refractivity contribution in [3.63, 3.8) is 0 Å². The quantitative estimate of drug-likeness (QED) is 0.677. The van der Waals surface area contributed by atoms with Gasteiger partial charge >= 0.3 is 5.97 Å². The van der Waals surface area contributed by atoms with Gasteiger partial charge in [0.1, 0.15) is 6.04 Å². The summed E-state index contributed by atoms with van der Waals surface area (Å²) in [4.78, 5) is 11.3. The van der Waals surface area contributed by atoms with Crippen molar-refractivity contribution in [2.75, 3.05) is 6.61 Å². The van der Waals surface area contributed by atoms with Crippen molar-refractivity contribution < 1.29 is 9.53 Å². The van der Waals surface area contributed by atoms with Gasteiger partial charge in [0.2, 0.25) is 0 Å². The molecule has 76 valence electrons. The van der Waals surface area contributed by atoms with Gasteiger partial charge in [0.15, 0.2) is 0 Å². The van der Waals surface area contributed by atoms with Crippen molar-refractivity contribution in [1.82, 2.24) is 0 Å². The summed E-state index contributed by atoms with van der Waals surface area (Å²) < 4.78 is 4.89. The summed E-state index contributed by atoms with van der Waals surface area (Å²) in [5, 5.41) is 0. The van der Waals surface area contributed by atoms with Crippen LogP contribution in [0.3, 0.4) is 0 Å². The van der Waals surface area contributed by atoms with E-state index in [0.29, 0.717) is 12.5 Å². The predicted molar refractivity (Wildman–Crippen MR) is 51.2 cm³/mol. The molecule has 1 fully saturated rings. The van der Waals surface area contributed by atoms with E-state index in [1.165, 1.54) is 19.3 Å². The van der Waals surface area contributed by atoms with Crippen LogP contribution >= 0.6 is 0 Å². The molecule has 0 bridgehead atoms. The Kier molecular flexibility index (Phi) is 4.22. The summed E-state index contributed by atoms with van der Waals surface area (Å²) >= 11 is 0. The normalized spacial score (nSPS) is 21.1. The number of carbonyl (C=O) groups is 1. The van der Waals surface area contributed by atoms with Gasteiger partial charge in [-0.05, 0) is 25.7 Å². The average Bonchev–Trinajstić information content (AvgIpc) is 2.18. The molecule has 0 amide bonds. The van der Waals surface area contributed by atoms with E-state index < -0.39 is 0 Å². The van der Waals surface area contributed by atoms with Crippen molar-refractivity contribution in [3.05, 3.63) is 0 Å². The Morgan fingerprint density at radius 1 is 1.46 bits per heavy atom. The Morgan fingerprint density at radius 3 is 2.62 bits per heavy atom. The predicted octanol–water partition coefficient (Wildman–Crippen LogP) is 1.46. The van der Waals surface area contributed by atoms with Gasteiger partial charge in [-0.2, -0.15) is 0 Å². The topological polar surface area (TPSA) is 52.3 Å². The Hall–Kier alpha value is -0.570. The first-order valence-corrected chi connectivity index (χ1v) is 5.18. The first kappa shape index (κ1) is 10.5. The fraction of sp³-hybridized carbons (Fsp3) is 0.900. The molecule has 0 aromatic heterocycles. The van der Waals surface area contributed by atoms with E-state index in [4.69, 9.17) is 10.5 Å².